The number of carbonyl (C=O) groups excluding carboxylic acids is 4. The lowest BCUT2D eigenvalue weighted by atomic mass is 9.95. The zero-order valence-electron chi connectivity index (χ0n) is 25.2. The Morgan fingerprint density at radius 1 is 1.00 bits per heavy atom. The zero-order chi connectivity index (χ0) is 30.6. The molecule has 0 saturated heterocycles. The van der Waals surface area contributed by atoms with E-state index in [1.54, 1.807) is 20.0 Å². The molecule has 2 aromatic carbocycles. The number of ketones is 1. The largest absolute Gasteiger partial charge is 0.344 e. The van der Waals surface area contributed by atoms with Crippen molar-refractivity contribution in [3.8, 4) is 0 Å². The molecule has 8 nitrogen and oxygen atoms in total. The minimum absolute atomic E-state index is 0.161. The van der Waals surface area contributed by atoms with Gasteiger partial charge in [0.1, 0.15) is 17.6 Å². The second kappa shape index (κ2) is 13.1. The van der Waals surface area contributed by atoms with Crippen molar-refractivity contribution >= 4 is 46.0 Å². The second-order valence-corrected chi connectivity index (χ2v) is 13.7. The topological polar surface area (TPSA) is 99.2 Å². The van der Waals surface area contributed by atoms with E-state index in [2.05, 4.69) is 10.3 Å². The normalized spacial score (nSPS) is 19.0. The van der Waals surface area contributed by atoms with Gasteiger partial charge in [0.25, 0.3) is 5.91 Å². The summed E-state index contributed by atoms with van der Waals surface area (Å²) < 4.78 is -0.187. The van der Waals surface area contributed by atoms with Gasteiger partial charge in [0.2, 0.25) is 17.6 Å². The third-order valence-corrected chi connectivity index (χ3v) is 8.45. The molecule has 2 aromatic rings. The van der Waals surface area contributed by atoms with Crippen LogP contribution in [-0.4, -0.2) is 68.3 Å². The fraction of sp³-hybridized carbons (Fsp3) is 0.424. The lowest BCUT2D eigenvalue weighted by Gasteiger charge is -2.41. The van der Waals surface area contributed by atoms with E-state index in [9.17, 15) is 19.2 Å². The molecule has 222 valence electrons. The predicted molar refractivity (Wildman–Crippen MR) is 167 cm³/mol. The van der Waals surface area contributed by atoms with Crippen LogP contribution in [0.15, 0.2) is 71.9 Å². The van der Waals surface area contributed by atoms with E-state index in [1.165, 1.54) is 21.6 Å². The molecule has 42 heavy (non-hydrogen) atoms. The third-order valence-electron chi connectivity index (χ3n) is 7.24. The monoisotopic (exact) mass is 588 g/mol. The molecule has 2 atom stereocenters. The van der Waals surface area contributed by atoms with Crippen LogP contribution in [0.2, 0.25) is 0 Å². The van der Waals surface area contributed by atoms with Crippen LogP contribution in [0.3, 0.4) is 0 Å². The van der Waals surface area contributed by atoms with Gasteiger partial charge < -0.3 is 10.2 Å². The van der Waals surface area contributed by atoms with Gasteiger partial charge in [-0.25, -0.2) is 0 Å². The van der Waals surface area contributed by atoms with E-state index in [1.807, 2.05) is 88.4 Å². The molecule has 4 rings (SSSR count). The number of aliphatic imine (C=N–C) groups is 1. The number of hydrogen-bond donors (Lipinski definition) is 1. The van der Waals surface area contributed by atoms with E-state index in [0.29, 0.717) is 29.3 Å². The number of Topliss-reactive ketones (excluding diaryl/α,β-unsaturated/α-hetero) is 1. The molecule has 2 aliphatic rings. The van der Waals surface area contributed by atoms with Crippen LogP contribution in [-0.2, 0) is 25.6 Å². The first-order valence-corrected chi connectivity index (χ1v) is 15.2. The molecule has 1 N–H and O–H groups in total. The van der Waals surface area contributed by atoms with Crippen molar-refractivity contribution in [3.05, 3.63) is 78.0 Å². The summed E-state index contributed by atoms with van der Waals surface area (Å²) in [6, 6.07) is 17.2. The molecule has 3 amide bonds. The molecular weight excluding hydrogens is 548 g/mol. The highest BCUT2D eigenvalue weighted by molar-refractivity contribution is 8.17. The smallest absolute Gasteiger partial charge is 0.250 e. The van der Waals surface area contributed by atoms with Gasteiger partial charge in [0.05, 0.1) is 18.3 Å². The van der Waals surface area contributed by atoms with Crippen LogP contribution >= 0.6 is 11.8 Å². The lowest BCUT2D eigenvalue weighted by molar-refractivity contribution is -0.147. The summed E-state index contributed by atoms with van der Waals surface area (Å²) in [5.74, 6) is -1.70. The first-order chi connectivity index (χ1) is 19.9. The van der Waals surface area contributed by atoms with E-state index in [4.69, 9.17) is 0 Å². The van der Waals surface area contributed by atoms with Crippen molar-refractivity contribution in [2.75, 3.05) is 13.1 Å². The maximum Gasteiger partial charge on any atom is 0.250 e. The van der Waals surface area contributed by atoms with Gasteiger partial charge in [-0.2, -0.15) is 0 Å². The summed E-state index contributed by atoms with van der Waals surface area (Å²) in [6.07, 6.45) is 1.99. The van der Waals surface area contributed by atoms with Crippen molar-refractivity contribution in [1.29, 1.82) is 0 Å². The Morgan fingerprint density at radius 3 is 2.17 bits per heavy atom. The number of benzene rings is 2. The second-order valence-electron chi connectivity index (χ2n) is 12.1. The third kappa shape index (κ3) is 7.18. The Kier molecular flexibility index (Phi) is 9.71. The lowest BCUT2D eigenvalue weighted by Crippen LogP contribution is -2.57. The number of nitrogens with one attached hydrogen (secondary N) is 1. The fourth-order valence-electron chi connectivity index (χ4n) is 5.10. The van der Waals surface area contributed by atoms with Crippen LogP contribution in [0, 0.1) is 11.8 Å². The molecule has 0 bridgehead atoms. The number of hydrogen-bond acceptors (Lipinski definition) is 6. The molecule has 9 heteroatoms. The maximum absolute atomic E-state index is 14.0. The molecule has 0 aliphatic carbocycles. The number of amides is 3. The van der Waals surface area contributed by atoms with Crippen LogP contribution < -0.4 is 5.32 Å². The summed E-state index contributed by atoms with van der Waals surface area (Å²) in [6.45, 7) is 11.7. The standard InChI is InChI=1S/C33H40N4O4S/c1-21(2)28-32(41)36(26(24-15-11-8-12-16-24)18-37(28)31(40)22(3)4)19-27(38)35-25(17-23-13-9-7-10-14-23)29(39)30-34-20-33(5,6)42-30/h7-16,18,21-22,25,28H,17,19-20H2,1-6H3,(H,35,38)/t25-,28+/m0/s1. The molecule has 0 radical (unpaired) electrons. The SMILES string of the molecule is CC(C)C(=O)N1C=C(c2ccccc2)N(CC(=O)N[C@@H](Cc2ccccc2)C(=O)C2=NCC(C)(C)S2)C(=O)[C@H]1C(C)C. The Bertz CT molecular complexity index is 1390. The van der Waals surface area contributed by atoms with E-state index < -0.39 is 18.0 Å². The zero-order valence-corrected chi connectivity index (χ0v) is 26.0. The van der Waals surface area contributed by atoms with Gasteiger partial charge >= 0.3 is 0 Å². The van der Waals surface area contributed by atoms with Crippen LogP contribution in [0.1, 0.15) is 52.7 Å². The Hall–Kier alpha value is -3.72. The van der Waals surface area contributed by atoms with Gasteiger partial charge in [-0.3, -0.25) is 29.1 Å². The van der Waals surface area contributed by atoms with Crippen molar-refractivity contribution in [1.82, 2.24) is 15.1 Å². The number of thioether (sulfide) groups is 1. The first-order valence-electron chi connectivity index (χ1n) is 14.4. The van der Waals surface area contributed by atoms with Crippen molar-refractivity contribution in [2.45, 2.75) is 64.8 Å². The highest BCUT2D eigenvalue weighted by Gasteiger charge is 2.42. The Morgan fingerprint density at radius 2 is 1.62 bits per heavy atom. The molecule has 0 fully saturated rings. The average molecular weight is 589 g/mol. The number of nitrogens with zero attached hydrogens (tertiary/aromatic N) is 3. The number of carbonyl (C=O) groups is 4. The highest BCUT2D eigenvalue weighted by atomic mass is 32.2. The van der Waals surface area contributed by atoms with Gasteiger partial charge in [-0.1, -0.05) is 100 Å². The first kappa shape index (κ1) is 31.2. The minimum Gasteiger partial charge on any atom is -0.344 e. The number of rotatable bonds is 10. The van der Waals surface area contributed by atoms with Gasteiger partial charge in [-0.05, 0) is 30.9 Å². The van der Waals surface area contributed by atoms with Gasteiger partial charge in [-0.15, -0.1) is 0 Å². The highest BCUT2D eigenvalue weighted by Crippen LogP contribution is 2.33. The van der Waals surface area contributed by atoms with Gasteiger partial charge in [0, 0.05) is 23.3 Å². The molecule has 2 heterocycles. The van der Waals surface area contributed by atoms with Gasteiger partial charge in [0.15, 0.2) is 0 Å². The molecule has 0 spiro atoms. The minimum atomic E-state index is -0.844. The van der Waals surface area contributed by atoms with E-state index >= 15 is 0 Å². The molecule has 0 saturated carbocycles. The van der Waals surface area contributed by atoms with Crippen molar-refractivity contribution < 1.29 is 19.2 Å². The maximum atomic E-state index is 14.0. The van der Waals surface area contributed by atoms with Crippen LogP contribution in [0.5, 0.6) is 0 Å². The Labute approximate surface area is 252 Å². The summed E-state index contributed by atoms with van der Waals surface area (Å²) in [5.41, 5.74) is 2.07. The fourth-order valence-corrected chi connectivity index (χ4v) is 6.12. The molecule has 2 aliphatic heterocycles. The predicted octanol–water partition coefficient (Wildman–Crippen LogP) is 4.56. The van der Waals surface area contributed by atoms with E-state index in [0.717, 1.165) is 5.56 Å². The van der Waals surface area contributed by atoms with Crippen molar-refractivity contribution in [3.63, 3.8) is 0 Å². The summed E-state index contributed by atoms with van der Waals surface area (Å²) in [4.78, 5) is 62.0. The molecular formula is C33H40N4O4S. The quantitative estimate of drug-likeness (QED) is 0.439. The summed E-state index contributed by atoms with van der Waals surface area (Å²) in [5, 5.41) is 3.33. The summed E-state index contributed by atoms with van der Waals surface area (Å²) >= 11 is 1.42. The Balaban J connectivity index is 1.65. The van der Waals surface area contributed by atoms with E-state index in [-0.39, 0.29) is 40.7 Å². The van der Waals surface area contributed by atoms with Crippen LogP contribution in [0.4, 0.5) is 0 Å². The average Bonchev–Trinajstić information content (AvgIpc) is 3.32. The van der Waals surface area contributed by atoms with Crippen molar-refractivity contribution in [2.24, 2.45) is 16.8 Å². The molecule has 0 unspecified atom stereocenters. The summed E-state index contributed by atoms with van der Waals surface area (Å²) in [7, 11) is 0. The van der Waals surface area contributed by atoms with Crippen LogP contribution in [0.25, 0.3) is 5.70 Å². The molecule has 0 aromatic heterocycles.